The maximum Gasteiger partial charge on any atom is 0.258 e. The Morgan fingerprint density at radius 2 is 1.93 bits per heavy atom. The van der Waals surface area contributed by atoms with Crippen LogP contribution in [0.2, 0.25) is 0 Å². The predicted molar refractivity (Wildman–Crippen MR) is 57.5 cm³/mol. The van der Waals surface area contributed by atoms with Crippen LogP contribution in [-0.2, 0) is 0 Å². The second kappa shape index (κ2) is 3.88. The molecule has 1 aromatic heterocycles. The number of nitrogen functional groups attached to an aromatic ring is 1. The van der Waals surface area contributed by atoms with Crippen molar-refractivity contribution in [2.45, 2.75) is 0 Å². The molecule has 0 saturated carbocycles. The average Bonchev–Trinajstić information content (AvgIpc) is 2.74. The molecule has 0 unspecified atom stereocenters. The Kier molecular flexibility index (Phi) is 2.41. The van der Waals surface area contributed by atoms with Gasteiger partial charge in [0.05, 0.1) is 11.8 Å². The fraction of sp³-hybridized carbons (Fsp3) is 0. The van der Waals surface area contributed by atoms with E-state index in [4.69, 9.17) is 10.2 Å². The standard InChI is InChI=1S/C11H10N2O2/c12-9-1-3-10(4-2-9)13-11(14)8-5-6-15-7-8/h1-7H,12H2,(H,13,14). The van der Waals surface area contributed by atoms with Gasteiger partial charge in [-0.1, -0.05) is 0 Å². The number of furan rings is 1. The molecule has 1 amide bonds. The van der Waals surface area contributed by atoms with Gasteiger partial charge in [0, 0.05) is 11.4 Å². The molecule has 76 valence electrons. The van der Waals surface area contributed by atoms with Gasteiger partial charge in [0.15, 0.2) is 0 Å². The highest BCUT2D eigenvalue weighted by molar-refractivity contribution is 6.04. The lowest BCUT2D eigenvalue weighted by Crippen LogP contribution is -2.10. The van der Waals surface area contributed by atoms with Crippen molar-refractivity contribution in [3.05, 3.63) is 48.4 Å². The Morgan fingerprint density at radius 1 is 1.20 bits per heavy atom. The van der Waals surface area contributed by atoms with Crippen molar-refractivity contribution in [1.82, 2.24) is 0 Å². The molecule has 2 aromatic rings. The zero-order valence-electron chi connectivity index (χ0n) is 7.94. The lowest BCUT2D eigenvalue weighted by molar-refractivity contribution is 0.102. The summed E-state index contributed by atoms with van der Waals surface area (Å²) in [4.78, 5) is 11.6. The highest BCUT2D eigenvalue weighted by atomic mass is 16.3. The highest BCUT2D eigenvalue weighted by Crippen LogP contribution is 2.12. The lowest BCUT2D eigenvalue weighted by Gasteiger charge is -2.03. The van der Waals surface area contributed by atoms with Crippen molar-refractivity contribution in [2.75, 3.05) is 11.1 Å². The van der Waals surface area contributed by atoms with Crippen LogP contribution in [-0.4, -0.2) is 5.91 Å². The van der Waals surface area contributed by atoms with Gasteiger partial charge in [-0.15, -0.1) is 0 Å². The summed E-state index contributed by atoms with van der Waals surface area (Å²) in [7, 11) is 0. The van der Waals surface area contributed by atoms with Crippen LogP contribution < -0.4 is 11.1 Å². The van der Waals surface area contributed by atoms with E-state index >= 15 is 0 Å². The number of rotatable bonds is 2. The Hall–Kier alpha value is -2.23. The molecule has 3 N–H and O–H groups in total. The van der Waals surface area contributed by atoms with Crippen molar-refractivity contribution in [3.63, 3.8) is 0 Å². The largest absolute Gasteiger partial charge is 0.472 e. The van der Waals surface area contributed by atoms with Crippen LogP contribution in [0, 0.1) is 0 Å². The SMILES string of the molecule is Nc1ccc(NC(=O)c2ccoc2)cc1. The predicted octanol–water partition coefficient (Wildman–Crippen LogP) is 2.11. The number of benzene rings is 1. The van der Waals surface area contributed by atoms with Gasteiger partial charge >= 0.3 is 0 Å². The summed E-state index contributed by atoms with van der Waals surface area (Å²) < 4.78 is 4.81. The Labute approximate surface area is 86.7 Å². The first-order valence-electron chi connectivity index (χ1n) is 4.45. The van der Waals surface area contributed by atoms with E-state index < -0.39 is 0 Å². The van der Waals surface area contributed by atoms with Gasteiger partial charge in [-0.2, -0.15) is 0 Å². The second-order valence-corrected chi connectivity index (χ2v) is 3.09. The molecular formula is C11H10N2O2. The van der Waals surface area contributed by atoms with E-state index in [-0.39, 0.29) is 5.91 Å². The minimum Gasteiger partial charge on any atom is -0.472 e. The molecule has 0 aliphatic carbocycles. The maximum atomic E-state index is 11.6. The molecule has 4 nitrogen and oxygen atoms in total. The van der Waals surface area contributed by atoms with E-state index in [0.717, 1.165) is 0 Å². The van der Waals surface area contributed by atoms with E-state index in [1.54, 1.807) is 30.3 Å². The Balaban J connectivity index is 2.09. The molecule has 0 bridgehead atoms. The highest BCUT2D eigenvalue weighted by Gasteiger charge is 2.06. The average molecular weight is 202 g/mol. The fourth-order valence-corrected chi connectivity index (χ4v) is 1.16. The number of carbonyl (C=O) groups excluding carboxylic acids is 1. The van der Waals surface area contributed by atoms with Crippen molar-refractivity contribution < 1.29 is 9.21 Å². The molecule has 0 aliphatic heterocycles. The van der Waals surface area contributed by atoms with E-state index in [1.807, 2.05) is 0 Å². The first-order chi connectivity index (χ1) is 7.25. The smallest absolute Gasteiger partial charge is 0.258 e. The van der Waals surface area contributed by atoms with E-state index in [0.29, 0.717) is 16.9 Å². The molecule has 0 fully saturated rings. The summed E-state index contributed by atoms with van der Waals surface area (Å²) in [6.45, 7) is 0. The molecule has 1 heterocycles. The third-order valence-electron chi connectivity index (χ3n) is 1.95. The summed E-state index contributed by atoms with van der Waals surface area (Å²) in [6.07, 6.45) is 2.85. The van der Waals surface area contributed by atoms with Gasteiger partial charge in [0.25, 0.3) is 5.91 Å². The summed E-state index contributed by atoms with van der Waals surface area (Å²) in [5, 5.41) is 2.72. The van der Waals surface area contributed by atoms with Crippen LogP contribution in [0.4, 0.5) is 11.4 Å². The third-order valence-corrected chi connectivity index (χ3v) is 1.95. The maximum absolute atomic E-state index is 11.6. The molecular weight excluding hydrogens is 192 g/mol. The van der Waals surface area contributed by atoms with Crippen LogP contribution in [0.5, 0.6) is 0 Å². The second-order valence-electron chi connectivity index (χ2n) is 3.09. The molecule has 15 heavy (non-hydrogen) atoms. The molecule has 0 aliphatic rings. The number of nitrogens with two attached hydrogens (primary N) is 1. The first kappa shape index (κ1) is 9.33. The molecule has 4 heteroatoms. The number of carbonyl (C=O) groups is 1. The summed E-state index contributed by atoms with van der Waals surface area (Å²) in [5.41, 5.74) is 7.38. The van der Waals surface area contributed by atoms with Gasteiger partial charge in [-0.25, -0.2) is 0 Å². The zero-order valence-corrected chi connectivity index (χ0v) is 7.94. The summed E-state index contributed by atoms with van der Waals surface area (Å²) in [6, 6.07) is 8.54. The zero-order chi connectivity index (χ0) is 10.7. The normalized spacial score (nSPS) is 9.87. The van der Waals surface area contributed by atoms with E-state index in [2.05, 4.69) is 5.32 Å². The minimum absolute atomic E-state index is 0.200. The van der Waals surface area contributed by atoms with Crippen molar-refractivity contribution >= 4 is 17.3 Å². The molecule has 0 radical (unpaired) electrons. The van der Waals surface area contributed by atoms with Crippen molar-refractivity contribution in [3.8, 4) is 0 Å². The number of hydrogen-bond acceptors (Lipinski definition) is 3. The monoisotopic (exact) mass is 202 g/mol. The lowest BCUT2D eigenvalue weighted by atomic mass is 10.2. The van der Waals surface area contributed by atoms with Gasteiger partial charge in [-0.05, 0) is 30.3 Å². The van der Waals surface area contributed by atoms with E-state index in [9.17, 15) is 4.79 Å². The van der Waals surface area contributed by atoms with Crippen molar-refractivity contribution in [2.24, 2.45) is 0 Å². The van der Waals surface area contributed by atoms with Crippen LogP contribution in [0.25, 0.3) is 0 Å². The van der Waals surface area contributed by atoms with E-state index in [1.165, 1.54) is 12.5 Å². The van der Waals surface area contributed by atoms with Gasteiger partial charge in [-0.3, -0.25) is 4.79 Å². The topological polar surface area (TPSA) is 68.3 Å². The first-order valence-corrected chi connectivity index (χ1v) is 4.45. The Bertz CT molecular complexity index is 446. The van der Waals surface area contributed by atoms with Crippen LogP contribution in [0.15, 0.2) is 47.3 Å². The molecule has 0 atom stereocenters. The van der Waals surface area contributed by atoms with Crippen molar-refractivity contribution in [1.29, 1.82) is 0 Å². The molecule has 0 saturated heterocycles. The van der Waals surface area contributed by atoms with Gasteiger partial charge < -0.3 is 15.5 Å². The molecule has 1 aromatic carbocycles. The minimum atomic E-state index is -0.200. The number of anilines is 2. The summed E-state index contributed by atoms with van der Waals surface area (Å²) in [5.74, 6) is -0.200. The summed E-state index contributed by atoms with van der Waals surface area (Å²) >= 11 is 0. The Morgan fingerprint density at radius 3 is 2.53 bits per heavy atom. The number of nitrogens with one attached hydrogen (secondary N) is 1. The molecule has 0 spiro atoms. The van der Waals surface area contributed by atoms with Crippen LogP contribution >= 0.6 is 0 Å². The van der Waals surface area contributed by atoms with Crippen LogP contribution in [0.1, 0.15) is 10.4 Å². The fourth-order valence-electron chi connectivity index (χ4n) is 1.16. The van der Waals surface area contributed by atoms with Gasteiger partial charge in [0.2, 0.25) is 0 Å². The third kappa shape index (κ3) is 2.17. The number of amides is 1. The molecule has 2 rings (SSSR count). The van der Waals surface area contributed by atoms with Gasteiger partial charge in [0.1, 0.15) is 6.26 Å². The van der Waals surface area contributed by atoms with Crippen LogP contribution in [0.3, 0.4) is 0 Å². The number of hydrogen-bond donors (Lipinski definition) is 2. The quantitative estimate of drug-likeness (QED) is 0.733.